The van der Waals surface area contributed by atoms with Gasteiger partial charge in [0.1, 0.15) is 5.84 Å². The van der Waals surface area contributed by atoms with Crippen LogP contribution in [0.1, 0.15) is 24.0 Å². The molecule has 0 atom stereocenters. The summed E-state index contributed by atoms with van der Waals surface area (Å²) in [5, 5.41) is 12.8. The van der Waals surface area contributed by atoms with Crippen molar-refractivity contribution in [3.8, 4) is 5.75 Å². The molecule has 4 N–H and O–H groups in total. The van der Waals surface area contributed by atoms with Crippen LogP contribution in [-0.2, 0) is 21.2 Å². The Bertz CT molecular complexity index is 1150. The van der Waals surface area contributed by atoms with Crippen molar-refractivity contribution in [2.24, 2.45) is 4.99 Å². The maximum Gasteiger partial charge on any atom is 0.242 e. The Labute approximate surface area is 205 Å². The third kappa shape index (κ3) is 6.19. The number of anilines is 1. The predicted octanol–water partition coefficient (Wildman–Crippen LogP) is 2.08. The molecule has 11 heteroatoms. The minimum atomic E-state index is -3.86. The van der Waals surface area contributed by atoms with Gasteiger partial charge in [0.25, 0.3) is 0 Å². The number of carbonyl (C=O) groups is 1. The fraction of sp³-hybridized carbons (Fsp3) is 0.391. The second-order valence-corrected chi connectivity index (χ2v) is 10.6. The van der Waals surface area contributed by atoms with Crippen molar-refractivity contribution in [2.75, 3.05) is 46.0 Å². The first-order chi connectivity index (χ1) is 16.1. The molecule has 9 nitrogen and oxygen atoms in total. The van der Waals surface area contributed by atoms with Gasteiger partial charge < -0.3 is 21.1 Å². The van der Waals surface area contributed by atoms with Gasteiger partial charge in [0.05, 0.1) is 22.2 Å². The lowest BCUT2D eigenvalue weighted by molar-refractivity contribution is -0.130. The van der Waals surface area contributed by atoms with Crippen molar-refractivity contribution in [3.05, 3.63) is 52.5 Å². The monoisotopic (exact) mass is 507 g/mol. The molecule has 34 heavy (non-hydrogen) atoms. The van der Waals surface area contributed by atoms with Crippen molar-refractivity contribution in [1.82, 2.24) is 14.5 Å². The molecule has 2 aromatic rings. The number of phenols is 1. The van der Waals surface area contributed by atoms with Crippen molar-refractivity contribution in [3.63, 3.8) is 0 Å². The number of amidine groups is 1. The number of amides is 1. The van der Waals surface area contributed by atoms with E-state index in [-0.39, 0.29) is 40.2 Å². The molecular weight excluding hydrogens is 478 g/mol. The van der Waals surface area contributed by atoms with E-state index < -0.39 is 10.0 Å². The minimum Gasteiger partial charge on any atom is -0.504 e. The van der Waals surface area contributed by atoms with Gasteiger partial charge in [-0.05, 0) is 30.5 Å². The first-order valence-corrected chi connectivity index (χ1v) is 12.8. The molecule has 0 saturated carbocycles. The molecule has 0 bridgehead atoms. The Balaban J connectivity index is 1.45. The highest BCUT2D eigenvalue weighted by Gasteiger charge is 2.23. The van der Waals surface area contributed by atoms with E-state index in [1.807, 2.05) is 24.3 Å². The Morgan fingerprint density at radius 3 is 2.53 bits per heavy atom. The summed E-state index contributed by atoms with van der Waals surface area (Å²) in [5.41, 5.74) is 7.69. The summed E-state index contributed by atoms with van der Waals surface area (Å²) >= 11 is 5.85. The highest BCUT2D eigenvalue weighted by atomic mass is 35.5. The highest BCUT2D eigenvalue weighted by molar-refractivity contribution is 7.89. The number of benzene rings is 2. The zero-order valence-electron chi connectivity index (χ0n) is 19.3. The standard InChI is InChI=1S/C23H30ClN5O4S/c1-28(13-9-16-5-7-17(8-6-16)23-26-10-11-27-23)21(30)4-3-12-29(2)34(32,33)18-14-19(24)22(31)20(25)15-18/h5-8,14-15,31H,3-4,9-13,25H2,1-2H3,(H,26,27). The summed E-state index contributed by atoms with van der Waals surface area (Å²) in [6.07, 6.45) is 1.31. The lowest BCUT2D eigenvalue weighted by atomic mass is 10.1. The molecule has 2 aromatic carbocycles. The summed E-state index contributed by atoms with van der Waals surface area (Å²) in [7, 11) is -0.682. The van der Waals surface area contributed by atoms with Crippen LogP contribution in [0.4, 0.5) is 5.69 Å². The van der Waals surface area contributed by atoms with Gasteiger partial charge in [-0.3, -0.25) is 9.79 Å². The second-order valence-electron chi connectivity index (χ2n) is 8.19. The summed E-state index contributed by atoms with van der Waals surface area (Å²) in [5.74, 6) is 0.514. The van der Waals surface area contributed by atoms with Crippen LogP contribution in [0, 0.1) is 0 Å². The molecule has 1 aliphatic heterocycles. The van der Waals surface area contributed by atoms with Crippen molar-refractivity contribution < 1.29 is 18.3 Å². The zero-order valence-corrected chi connectivity index (χ0v) is 20.9. The number of aromatic hydroxyl groups is 1. The third-order valence-electron chi connectivity index (χ3n) is 5.70. The second kappa shape index (κ2) is 11.1. The highest BCUT2D eigenvalue weighted by Crippen LogP contribution is 2.33. The maximum absolute atomic E-state index is 12.7. The summed E-state index contributed by atoms with van der Waals surface area (Å²) < 4.78 is 26.6. The predicted molar refractivity (Wildman–Crippen MR) is 134 cm³/mol. The molecule has 0 radical (unpaired) electrons. The van der Waals surface area contributed by atoms with Gasteiger partial charge in [-0.25, -0.2) is 12.7 Å². The SMILES string of the molecule is CN(CCc1ccc(C2=NCCN2)cc1)C(=O)CCCN(C)S(=O)(=O)c1cc(N)c(O)c(Cl)c1. The number of carbonyl (C=O) groups excluding carboxylic acids is 1. The molecule has 1 heterocycles. The summed E-state index contributed by atoms with van der Waals surface area (Å²) in [6, 6.07) is 10.5. The van der Waals surface area contributed by atoms with Crippen LogP contribution >= 0.6 is 11.6 Å². The molecule has 184 valence electrons. The van der Waals surface area contributed by atoms with Crippen molar-refractivity contribution in [2.45, 2.75) is 24.2 Å². The first-order valence-electron chi connectivity index (χ1n) is 11.0. The van der Waals surface area contributed by atoms with Crippen LogP contribution in [0.3, 0.4) is 0 Å². The smallest absolute Gasteiger partial charge is 0.242 e. The average Bonchev–Trinajstić information content (AvgIpc) is 3.35. The molecule has 0 unspecified atom stereocenters. The van der Waals surface area contributed by atoms with E-state index >= 15 is 0 Å². The van der Waals surface area contributed by atoms with Gasteiger partial charge in [0, 0.05) is 45.7 Å². The van der Waals surface area contributed by atoms with Gasteiger partial charge in [-0.1, -0.05) is 35.9 Å². The molecule has 0 spiro atoms. The number of nitrogen functional groups attached to an aromatic ring is 1. The Morgan fingerprint density at radius 1 is 1.21 bits per heavy atom. The molecule has 3 rings (SSSR count). The number of halogens is 1. The van der Waals surface area contributed by atoms with Crippen molar-refractivity contribution >= 4 is 39.1 Å². The average molecular weight is 508 g/mol. The van der Waals surface area contributed by atoms with Crippen LogP contribution in [0.2, 0.25) is 5.02 Å². The van der Waals surface area contributed by atoms with Gasteiger partial charge in [0.15, 0.2) is 5.75 Å². The Hall–Kier alpha value is -2.82. The number of rotatable bonds is 10. The van der Waals surface area contributed by atoms with E-state index in [9.17, 15) is 18.3 Å². The van der Waals surface area contributed by atoms with Crippen LogP contribution in [0.5, 0.6) is 5.75 Å². The lowest BCUT2D eigenvalue weighted by Gasteiger charge is -2.20. The number of sulfonamides is 1. The van der Waals surface area contributed by atoms with E-state index in [2.05, 4.69) is 10.3 Å². The number of hydrogen-bond acceptors (Lipinski definition) is 7. The Kier molecular flexibility index (Phi) is 8.40. The van der Waals surface area contributed by atoms with E-state index in [0.29, 0.717) is 13.0 Å². The topological polar surface area (TPSA) is 128 Å². The molecule has 0 aliphatic carbocycles. The molecule has 0 saturated heterocycles. The van der Waals surface area contributed by atoms with E-state index in [0.717, 1.165) is 52.9 Å². The van der Waals surface area contributed by atoms with Crippen LogP contribution in [0.15, 0.2) is 46.3 Å². The normalized spacial score (nSPS) is 13.6. The first kappa shape index (κ1) is 25.8. The summed E-state index contributed by atoms with van der Waals surface area (Å²) in [4.78, 5) is 18.4. The fourth-order valence-electron chi connectivity index (χ4n) is 3.53. The number of nitrogens with two attached hydrogens (primary N) is 1. The number of phenolic OH excluding ortho intramolecular Hbond substituents is 1. The van der Waals surface area contributed by atoms with E-state index in [1.165, 1.54) is 7.05 Å². The van der Waals surface area contributed by atoms with Gasteiger partial charge >= 0.3 is 0 Å². The maximum atomic E-state index is 12.7. The van der Waals surface area contributed by atoms with Crippen molar-refractivity contribution in [1.29, 1.82) is 0 Å². The van der Waals surface area contributed by atoms with Gasteiger partial charge in [-0.2, -0.15) is 0 Å². The molecule has 1 aliphatic rings. The van der Waals surface area contributed by atoms with E-state index in [1.54, 1.807) is 11.9 Å². The quantitative estimate of drug-likeness (QED) is 0.333. The fourth-order valence-corrected chi connectivity index (χ4v) is 5.09. The number of nitrogens with one attached hydrogen (secondary N) is 1. The third-order valence-corrected chi connectivity index (χ3v) is 7.82. The number of likely N-dealkylation sites (N-methyl/N-ethyl adjacent to an activating group) is 1. The molecular formula is C23H30ClN5O4S. The van der Waals surface area contributed by atoms with Crippen LogP contribution < -0.4 is 11.1 Å². The summed E-state index contributed by atoms with van der Waals surface area (Å²) in [6.45, 7) is 2.38. The number of nitrogens with zero attached hydrogens (tertiary/aromatic N) is 3. The number of aliphatic imine (C=N–C) groups is 1. The molecule has 0 fully saturated rings. The lowest BCUT2D eigenvalue weighted by Crippen LogP contribution is -2.31. The Morgan fingerprint density at radius 2 is 1.91 bits per heavy atom. The molecule has 0 aromatic heterocycles. The van der Waals surface area contributed by atoms with Gasteiger partial charge in [-0.15, -0.1) is 0 Å². The minimum absolute atomic E-state index is 0.0520. The van der Waals surface area contributed by atoms with Crippen LogP contribution in [-0.4, -0.2) is 74.7 Å². The van der Waals surface area contributed by atoms with E-state index in [4.69, 9.17) is 17.3 Å². The largest absolute Gasteiger partial charge is 0.504 e. The number of hydrogen-bond donors (Lipinski definition) is 3. The molecule has 1 amide bonds. The van der Waals surface area contributed by atoms with Gasteiger partial charge in [0.2, 0.25) is 15.9 Å². The zero-order chi connectivity index (χ0) is 24.9. The van der Waals surface area contributed by atoms with Crippen LogP contribution in [0.25, 0.3) is 0 Å².